The van der Waals surface area contributed by atoms with Crippen molar-refractivity contribution in [3.63, 3.8) is 0 Å². The molecule has 0 aliphatic heterocycles. The van der Waals surface area contributed by atoms with Crippen molar-refractivity contribution in [1.82, 2.24) is 0 Å². The van der Waals surface area contributed by atoms with E-state index in [0.717, 1.165) is 33.0 Å². The molecule has 232 valence electrons. The van der Waals surface area contributed by atoms with E-state index >= 15 is 0 Å². The highest BCUT2D eigenvalue weighted by Crippen LogP contribution is 2.37. The normalized spacial score (nSPS) is 12.5. The van der Waals surface area contributed by atoms with Crippen LogP contribution in [0.15, 0.2) is 97.1 Å². The Balaban J connectivity index is 1.35. The highest BCUT2D eigenvalue weighted by atomic mass is 16.5. The van der Waals surface area contributed by atoms with Gasteiger partial charge in [-0.15, -0.1) is 0 Å². The average molecular weight is 607 g/mol. The van der Waals surface area contributed by atoms with Crippen molar-refractivity contribution in [2.45, 2.75) is 44.1 Å². The number of methoxy groups -OCH3 is 2. The van der Waals surface area contributed by atoms with Gasteiger partial charge in [0.25, 0.3) is 0 Å². The number of aryl methyl sites for hydroxylation is 1. The van der Waals surface area contributed by atoms with Crippen LogP contribution in [0.5, 0.6) is 28.7 Å². The van der Waals surface area contributed by atoms with Gasteiger partial charge in [0.2, 0.25) is 0 Å². The smallest absolute Gasteiger partial charge is 0.164 e. The number of hydrogen-bond donors (Lipinski definition) is 4. The van der Waals surface area contributed by atoms with Gasteiger partial charge >= 0.3 is 0 Å². The Morgan fingerprint density at radius 1 is 0.778 bits per heavy atom. The second-order valence-corrected chi connectivity index (χ2v) is 11.3. The first-order chi connectivity index (χ1) is 21.8. The summed E-state index contributed by atoms with van der Waals surface area (Å²) in [6, 6.07) is 29.3. The number of carbonyl (C=O) groups excluding carboxylic acids is 1. The maximum Gasteiger partial charge on any atom is 0.164 e. The third-order valence-electron chi connectivity index (χ3n) is 8.32. The maximum atomic E-state index is 13.7. The monoisotopic (exact) mass is 606 g/mol. The molecule has 2 atom stereocenters. The van der Waals surface area contributed by atoms with Gasteiger partial charge in [-0.2, -0.15) is 0 Å². The van der Waals surface area contributed by atoms with E-state index in [-0.39, 0.29) is 29.5 Å². The number of carbonyl (C=O) groups is 1. The third-order valence-corrected chi connectivity index (χ3v) is 8.32. The molecule has 7 nitrogen and oxygen atoms in total. The number of Topliss-reactive ketones (excluding diaryl/α,β-unsaturated/α-hetero) is 1. The Kier molecular flexibility index (Phi) is 9.90. The molecule has 0 fully saturated rings. The fourth-order valence-electron chi connectivity index (χ4n) is 5.99. The molecule has 0 saturated heterocycles. The molecule has 0 aliphatic rings. The van der Waals surface area contributed by atoms with E-state index < -0.39 is 12.0 Å². The largest absolute Gasteiger partial charge is 0.508 e. The van der Waals surface area contributed by atoms with Crippen LogP contribution in [0.2, 0.25) is 0 Å². The van der Waals surface area contributed by atoms with Crippen LogP contribution >= 0.6 is 0 Å². The zero-order valence-electron chi connectivity index (χ0n) is 25.4. The number of aromatic hydroxyl groups is 3. The van der Waals surface area contributed by atoms with Gasteiger partial charge in [0.05, 0.1) is 20.3 Å². The summed E-state index contributed by atoms with van der Waals surface area (Å²) in [4.78, 5) is 13.7. The van der Waals surface area contributed by atoms with Crippen LogP contribution < -0.4 is 9.47 Å². The average Bonchev–Trinajstić information content (AvgIpc) is 3.04. The molecule has 0 heterocycles. The van der Waals surface area contributed by atoms with Gasteiger partial charge in [0, 0.05) is 24.3 Å². The zero-order valence-corrected chi connectivity index (χ0v) is 25.4. The summed E-state index contributed by atoms with van der Waals surface area (Å²) in [6.07, 6.45) is 0.620. The lowest BCUT2D eigenvalue weighted by molar-refractivity contribution is -0.122. The van der Waals surface area contributed by atoms with E-state index in [9.17, 15) is 25.2 Å². The van der Waals surface area contributed by atoms with Crippen LogP contribution in [-0.4, -0.2) is 46.5 Å². The van der Waals surface area contributed by atoms with E-state index in [4.69, 9.17) is 9.47 Å². The van der Waals surface area contributed by atoms with E-state index in [1.54, 1.807) is 42.5 Å². The highest BCUT2D eigenvalue weighted by Gasteiger charge is 2.25. The second kappa shape index (κ2) is 14.2. The van der Waals surface area contributed by atoms with Crippen LogP contribution in [0, 0.1) is 0 Å². The van der Waals surface area contributed by atoms with E-state index in [0.29, 0.717) is 42.7 Å². The third kappa shape index (κ3) is 7.39. The summed E-state index contributed by atoms with van der Waals surface area (Å²) < 4.78 is 10.9. The molecule has 0 radical (unpaired) electrons. The predicted molar refractivity (Wildman–Crippen MR) is 175 cm³/mol. The van der Waals surface area contributed by atoms with Gasteiger partial charge in [-0.3, -0.25) is 4.79 Å². The van der Waals surface area contributed by atoms with Crippen molar-refractivity contribution < 1.29 is 34.7 Å². The van der Waals surface area contributed by atoms with E-state index in [1.165, 1.54) is 20.3 Å². The van der Waals surface area contributed by atoms with Crippen LogP contribution in [0.4, 0.5) is 0 Å². The first-order valence-electron chi connectivity index (χ1n) is 15.0. The fourth-order valence-corrected chi connectivity index (χ4v) is 5.99. The molecule has 0 unspecified atom stereocenters. The molecule has 7 heteroatoms. The van der Waals surface area contributed by atoms with E-state index in [2.05, 4.69) is 24.3 Å². The van der Waals surface area contributed by atoms with Crippen LogP contribution in [0.3, 0.4) is 0 Å². The molecule has 5 rings (SSSR count). The number of hydrogen-bond acceptors (Lipinski definition) is 7. The molecule has 0 amide bonds. The molecule has 45 heavy (non-hydrogen) atoms. The van der Waals surface area contributed by atoms with Crippen molar-refractivity contribution in [3.8, 4) is 28.7 Å². The number of fused-ring (bicyclic) bond motifs is 1. The maximum absolute atomic E-state index is 13.7. The number of phenols is 3. The lowest BCUT2D eigenvalue weighted by Gasteiger charge is -2.20. The van der Waals surface area contributed by atoms with Crippen molar-refractivity contribution in [3.05, 3.63) is 125 Å². The van der Waals surface area contributed by atoms with Crippen LogP contribution in [-0.2, 0) is 24.1 Å². The number of rotatable bonds is 13. The summed E-state index contributed by atoms with van der Waals surface area (Å²) in [7, 11) is 2.99. The summed E-state index contributed by atoms with van der Waals surface area (Å²) >= 11 is 0. The molecule has 0 spiro atoms. The highest BCUT2D eigenvalue weighted by molar-refractivity contribution is 5.87. The summed E-state index contributed by atoms with van der Waals surface area (Å²) in [5, 5.41) is 44.1. The number of ether oxygens (including phenoxy) is 2. The molecule has 0 bridgehead atoms. The van der Waals surface area contributed by atoms with Gasteiger partial charge in [-0.1, -0.05) is 66.7 Å². The van der Waals surface area contributed by atoms with Crippen molar-refractivity contribution >= 4 is 16.6 Å². The lowest BCUT2D eigenvalue weighted by atomic mass is 9.85. The number of ketones is 1. The molecule has 5 aromatic rings. The van der Waals surface area contributed by atoms with Gasteiger partial charge in [-0.25, -0.2) is 0 Å². The predicted octanol–water partition coefficient (Wildman–Crippen LogP) is 6.84. The lowest BCUT2D eigenvalue weighted by Crippen LogP contribution is -2.22. The van der Waals surface area contributed by atoms with Gasteiger partial charge in [0.15, 0.2) is 23.0 Å². The second-order valence-electron chi connectivity index (χ2n) is 11.3. The van der Waals surface area contributed by atoms with Crippen LogP contribution in [0.25, 0.3) is 10.8 Å². The van der Waals surface area contributed by atoms with Crippen molar-refractivity contribution in [2.75, 3.05) is 14.2 Å². The Labute approximate surface area is 262 Å². The quantitative estimate of drug-likeness (QED) is 0.116. The molecular weight excluding hydrogens is 568 g/mol. The first-order valence-corrected chi connectivity index (χ1v) is 15.0. The SMILES string of the molecule is COc1cc(C[C@H](C(=O)C[C@@H](O)CCc2ccc(O)c(OC)c2Cc2cccc3ccccc23)c2cccc(O)c2)ccc1O. The Morgan fingerprint density at radius 3 is 2.31 bits per heavy atom. The van der Waals surface area contributed by atoms with Gasteiger partial charge < -0.3 is 29.9 Å². The Hall–Kier alpha value is -5.01. The molecule has 0 aliphatic carbocycles. The van der Waals surface area contributed by atoms with Crippen molar-refractivity contribution in [2.24, 2.45) is 0 Å². The standard InChI is InChI=1S/C38H38O7/c1-44-37-20-24(13-17-34(37)41)19-32(27-10-6-11-29(39)21-27)36(43)23-30(40)16-14-26-15-18-35(42)38(45-2)33(26)22-28-9-5-8-25-7-3-4-12-31(25)28/h3-13,15,17-18,20-21,30,32,39-42H,14,16,19,22-23H2,1-2H3/t30-,32-/m0/s1. The Bertz CT molecular complexity index is 1790. The molecular formula is C38H38O7. The number of phenolic OH excluding ortho intramolecular Hbond substituents is 3. The topological polar surface area (TPSA) is 116 Å². The van der Waals surface area contributed by atoms with Gasteiger partial charge in [-0.05, 0) is 82.6 Å². The minimum absolute atomic E-state index is 0.00239. The van der Waals surface area contributed by atoms with Crippen LogP contribution in [0.1, 0.15) is 46.6 Å². The summed E-state index contributed by atoms with van der Waals surface area (Å²) in [6.45, 7) is 0. The van der Waals surface area contributed by atoms with Gasteiger partial charge in [0.1, 0.15) is 11.5 Å². The van der Waals surface area contributed by atoms with Crippen molar-refractivity contribution in [1.29, 1.82) is 0 Å². The molecule has 0 aromatic heterocycles. The number of aliphatic hydroxyl groups excluding tert-OH is 1. The molecule has 5 aromatic carbocycles. The summed E-state index contributed by atoms with van der Waals surface area (Å²) in [5.41, 5.74) is 4.26. The van der Waals surface area contributed by atoms with E-state index in [1.807, 2.05) is 24.3 Å². The molecule has 0 saturated carbocycles. The number of aliphatic hydroxyl groups is 1. The minimum atomic E-state index is -0.920. The first kappa shape index (κ1) is 31.4. The Morgan fingerprint density at radius 2 is 1.53 bits per heavy atom. The molecule has 4 N–H and O–H groups in total. The fraction of sp³-hybridized carbons (Fsp3) is 0.237. The number of benzene rings is 5. The summed E-state index contributed by atoms with van der Waals surface area (Å²) in [5.74, 6) is 0.0115. The minimum Gasteiger partial charge on any atom is -0.508 e. The zero-order chi connectivity index (χ0) is 31.9.